The molecule has 6 nitrogen and oxygen atoms in total. The Labute approximate surface area is 152 Å². The van der Waals surface area contributed by atoms with Gasteiger partial charge in [0, 0.05) is 17.4 Å². The number of methoxy groups -OCH3 is 1. The summed E-state index contributed by atoms with van der Waals surface area (Å²) in [5.74, 6) is 0.920. The predicted molar refractivity (Wildman–Crippen MR) is 102 cm³/mol. The molecular formula is C20H20N4O2. The van der Waals surface area contributed by atoms with Crippen LogP contribution in [0.1, 0.15) is 21.5 Å². The first-order valence-electron chi connectivity index (χ1n) is 8.17. The first kappa shape index (κ1) is 17.4. The molecule has 0 bridgehead atoms. The highest BCUT2D eigenvalue weighted by atomic mass is 16.5. The molecule has 1 aromatic heterocycles. The standard InChI is InChI=1S/C20H20N4O2/c1-13-6-4-9-17(14(13)2)24-19-11-18(21-12-22-19)23-16-8-5-7-15(10-16)20(25)26-3/h4-12H,1-3H3,(H2,21,22,23,24). The highest BCUT2D eigenvalue weighted by Gasteiger charge is 2.07. The summed E-state index contributed by atoms with van der Waals surface area (Å²) in [5, 5.41) is 6.49. The Morgan fingerprint density at radius 1 is 0.962 bits per heavy atom. The number of esters is 1. The first-order chi connectivity index (χ1) is 12.6. The summed E-state index contributed by atoms with van der Waals surface area (Å²) in [6.07, 6.45) is 1.49. The minimum atomic E-state index is -0.381. The average Bonchev–Trinajstić information content (AvgIpc) is 2.65. The van der Waals surface area contributed by atoms with Crippen molar-refractivity contribution in [2.75, 3.05) is 17.7 Å². The van der Waals surface area contributed by atoms with Crippen LogP contribution in [0.5, 0.6) is 0 Å². The number of aryl methyl sites for hydroxylation is 1. The molecule has 2 aromatic carbocycles. The number of aromatic nitrogens is 2. The molecule has 0 saturated heterocycles. The van der Waals surface area contributed by atoms with Crippen molar-refractivity contribution in [2.45, 2.75) is 13.8 Å². The smallest absolute Gasteiger partial charge is 0.337 e. The first-order valence-corrected chi connectivity index (χ1v) is 8.17. The van der Waals surface area contributed by atoms with E-state index >= 15 is 0 Å². The van der Waals surface area contributed by atoms with Gasteiger partial charge in [-0.2, -0.15) is 0 Å². The number of anilines is 4. The van der Waals surface area contributed by atoms with Crippen molar-refractivity contribution in [3.8, 4) is 0 Å². The van der Waals surface area contributed by atoms with Crippen molar-refractivity contribution >= 4 is 29.0 Å². The van der Waals surface area contributed by atoms with Gasteiger partial charge >= 0.3 is 5.97 Å². The Morgan fingerprint density at radius 2 is 1.69 bits per heavy atom. The van der Waals surface area contributed by atoms with E-state index in [1.165, 1.54) is 24.6 Å². The molecule has 0 fully saturated rings. The summed E-state index contributed by atoms with van der Waals surface area (Å²) < 4.78 is 4.75. The Kier molecular flexibility index (Phi) is 5.12. The van der Waals surface area contributed by atoms with Crippen molar-refractivity contribution in [1.29, 1.82) is 0 Å². The van der Waals surface area contributed by atoms with E-state index < -0.39 is 0 Å². The molecule has 0 aliphatic carbocycles. The van der Waals surface area contributed by atoms with Crippen molar-refractivity contribution < 1.29 is 9.53 Å². The highest BCUT2D eigenvalue weighted by molar-refractivity contribution is 5.90. The number of carbonyl (C=O) groups is 1. The summed E-state index contributed by atoms with van der Waals surface area (Å²) in [5.41, 5.74) is 4.60. The van der Waals surface area contributed by atoms with E-state index in [9.17, 15) is 4.79 Å². The van der Waals surface area contributed by atoms with E-state index in [-0.39, 0.29) is 5.97 Å². The van der Waals surface area contributed by atoms with Crippen LogP contribution in [-0.2, 0) is 4.74 Å². The molecule has 1 heterocycles. The molecule has 3 rings (SSSR count). The lowest BCUT2D eigenvalue weighted by Crippen LogP contribution is -2.03. The number of hydrogen-bond acceptors (Lipinski definition) is 6. The van der Waals surface area contributed by atoms with Crippen LogP contribution in [0.4, 0.5) is 23.0 Å². The van der Waals surface area contributed by atoms with Gasteiger partial charge in [0.05, 0.1) is 12.7 Å². The second kappa shape index (κ2) is 7.65. The monoisotopic (exact) mass is 348 g/mol. The molecule has 6 heteroatoms. The molecule has 0 atom stereocenters. The molecule has 0 aliphatic rings. The molecule has 0 amide bonds. The van der Waals surface area contributed by atoms with Crippen LogP contribution >= 0.6 is 0 Å². The van der Waals surface area contributed by atoms with Gasteiger partial charge in [-0.25, -0.2) is 14.8 Å². The van der Waals surface area contributed by atoms with E-state index in [0.717, 1.165) is 11.4 Å². The minimum Gasteiger partial charge on any atom is -0.465 e. The maximum Gasteiger partial charge on any atom is 0.337 e. The van der Waals surface area contributed by atoms with Crippen molar-refractivity contribution in [3.05, 3.63) is 71.5 Å². The number of hydrogen-bond donors (Lipinski definition) is 2. The molecule has 0 spiro atoms. The Hall–Kier alpha value is -3.41. The maximum atomic E-state index is 11.6. The third kappa shape index (κ3) is 3.97. The molecule has 0 unspecified atom stereocenters. The fourth-order valence-electron chi connectivity index (χ4n) is 2.51. The summed E-state index contributed by atoms with van der Waals surface area (Å²) >= 11 is 0. The molecular weight excluding hydrogens is 328 g/mol. The Morgan fingerprint density at radius 3 is 2.46 bits per heavy atom. The predicted octanol–water partition coefficient (Wildman–Crippen LogP) is 4.37. The van der Waals surface area contributed by atoms with E-state index in [2.05, 4.69) is 40.5 Å². The fraction of sp³-hybridized carbons (Fsp3) is 0.150. The zero-order valence-electron chi connectivity index (χ0n) is 14.9. The van der Waals surface area contributed by atoms with Gasteiger partial charge in [0.15, 0.2) is 0 Å². The van der Waals surface area contributed by atoms with Gasteiger partial charge < -0.3 is 15.4 Å². The van der Waals surface area contributed by atoms with Crippen molar-refractivity contribution in [3.63, 3.8) is 0 Å². The minimum absolute atomic E-state index is 0.381. The summed E-state index contributed by atoms with van der Waals surface area (Å²) in [7, 11) is 1.36. The van der Waals surface area contributed by atoms with E-state index in [1.54, 1.807) is 18.2 Å². The van der Waals surface area contributed by atoms with Gasteiger partial charge in [0.2, 0.25) is 0 Å². The number of carbonyl (C=O) groups excluding carboxylic acids is 1. The van der Waals surface area contributed by atoms with Crippen LogP contribution in [0.15, 0.2) is 54.9 Å². The molecule has 2 N–H and O–H groups in total. The summed E-state index contributed by atoms with van der Waals surface area (Å²) in [6, 6.07) is 14.9. The molecule has 0 aliphatic heterocycles. The quantitative estimate of drug-likeness (QED) is 0.667. The van der Waals surface area contributed by atoms with Crippen LogP contribution in [0.2, 0.25) is 0 Å². The van der Waals surface area contributed by atoms with E-state index in [4.69, 9.17) is 4.74 Å². The van der Waals surface area contributed by atoms with Crippen molar-refractivity contribution in [2.24, 2.45) is 0 Å². The molecule has 0 radical (unpaired) electrons. The van der Waals surface area contributed by atoms with Crippen LogP contribution < -0.4 is 10.6 Å². The summed E-state index contributed by atoms with van der Waals surface area (Å²) in [4.78, 5) is 20.2. The lowest BCUT2D eigenvalue weighted by Gasteiger charge is -2.12. The number of nitrogens with one attached hydrogen (secondary N) is 2. The zero-order valence-corrected chi connectivity index (χ0v) is 14.9. The Bertz CT molecular complexity index is 941. The fourth-order valence-corrected chi connectivity index (χ4v) is 2.51. The Balaban J connectivity index is 1.80. The van der Waals surface area contributed by atoms with Gasteiger partial charge in [0.25, 0.3) is 0 Å². The van der Waals surface area contributed by atoms with Crippen LogP contribution in [0.25, 0.3) is 0 Å². The second-order valence-electron chi connectivity index (χ2n) is 5.86. The van der Waals surface area contributed by atoms with Gasteiger partial charge in [-0.15, -0.1) is 0 Å². The lowest BCUT2D eigenvalue weighted by atomic mass is 10.1. The van der Waals surface area contributed by atoms with Gasteiger partial charge in [-0.1, -0.05) is 18.2 Å². The van der Waals surface area contributed by atoms with Crippen LogP contribution in [0, 0.1) is 13.8 Å². The number of benzene rings is 2. The van der Waals surface area contributed by atoms with Gasteiger partial charge in [0.1, 0.15) is 18.0 Å². The summed E-state index contributed by atoms with van der Waals surface area (Å²) in [6.45, 7) is 4.14. The van der Waals surface area contributed by atoms with E-state index in [1.807, 2.05) is 24.3 Å². The number of rotatable bonds is 5. The van der Waals surface area contributed by atoms with Gasteiger partial charge in [-0.05, 0) is 49.2 Å². The molecule has 0 saturated carbocycles. The largest absolute Gasteiger partial charge is 0.465 e. The maximum absolute atomic E-state index is 11.6. The van der Waals surface area contributed by atoms with Crippen molar-refractivity contribution in [1.82, 2.24) is 9.97 Å². The lowest BCUT2D eigenvalue weighted by molar-refractivity contribution is 0.0601. The third-order valence-electron chi connectivity index (χ3n) is 4.09. The highest BCUT2D eigenvalue weighted by Crippen LogP contribution is 2.23. The topological polar surface area (TPSA) is 76.1 Å². The molecule has 26 heavy (non-hydrogen) atoms. The normalized spacial score (nSPS) is 10.3. The third-order valence-corrected chi connectivity index (χ3v) is 4.09. The van der Waals surface area contributed by atoms with Crippen LogP contribution in [0.3, 0.4) is 0 Å². The van der Waals surface area contributed by atoms with Gasteiger partial charge in [-0.3, -0.25) is 0 Å². The number of nitrogens with zero attached hydrogens (tertiary/aromatic N) is 2. The van der Waals surface area contributed by atoms with Crippen LogP contribution in [-0.4, -0.2) is 23.0 Å². The SMILES string of the molecule is COC(=O)c1cccc(Nc2cc(Nc3cccc(C)c3C)ncn2)c1. The molecule has 3 aromatic rings. The zero-order chi connectivity index (χ0) is 18.5. The van der Waals surface area contributed by atoms with E-state index in [0.29, 0.717) is 17.2 Å². The molecule has 132 valence electrons. The second-order valence-corrected chi connectivity index (χ2v) is 5.86. The average molecular weight is 348 g/mol. The number of ether oxygens (including phenoxy) is 1.